The number of hydrogen-bond acceptors (Lipinski definition) is 5. The number of benzene rings is 2. The summed E-state index contributed by atoms with van der Waals surface area (Å²) in [5.74, 6) is -1.44. The minimum atomic E-state index is -1.26. The van der Waals surface area contributed by atoms with Gasteiger partial charge in [0.1, 0.15) is 6.04 Å². The number of hydroxylamine groups is 1. The molecule has 0 aromatic heterocycles. The number of nitrogens with two attached hydrogens (primary N) is 1. The van der Waals surface area contributed by atoms with Crippen molar-refractivity contribution in [3.8, 4) is 11.1 Å². The maximum absolute atomic E-state index is 12.2. The molecule has 0 bridgehead atoms. The van der Waals surface area contributed by atoms with E-state index in [1.807, 2.05) is 18.2 Å². The number of aliphatic hydroxyl groups is 1. The van der Waals surface area contributed by atoms with Crippen LogP contribution in [0, 0.1) is 0 Å². The summed E-state index contributed by atoms with van der Waals surface area (Å²) in [6.07, 6.45) is -1.16. The van der Waals surface area contributed by atoms with E-state index in [-0.39, 0.29) is 0 Å². The predicted molar refractivity (Wildman–Crippen MR) is 89.2 cm³/mol. The predicted octanol–water partition coefficient (Wildman–Crippen LogP) is 0.920. The normalized spacial score (nSPS) is 13.0. The molecule has 7 nitrogen and oxygen atoms in total. The molecule has 0 aliphatic carbocycles. The van der Waals surface area contributed by atoms with Gasteiger partial charge in [0.25, 0.3) is 11.8 Å². The van der Waals surface area contributed by atoms with E-state index in [0.29, 0.717) is 11.3 Å². The summed E-state index contributed by atoms with van der Waals surface area (Å²) in [7, 11) is 0. The number of anilines is 1. The van der Waals surface area contributed by atoms with Crippen LogP contribution in [0.25, 0.3) is 11.1 Å². The number of carbonyl (C=O) groups is 2. The Kier molecular flexibility index (Phi) is 5.51. The third kappa shape index (κ3) is 3.89. The van der Waals surface area contributed by atoms with Gasteiger partial charge >= 0.3 is 0 Å². The van der Waals surface area contributed by atoms with E-state index >= 15 is 0 Å². The second kappa shape index (κ2) is 7.58. The molecule has 0 heterocycles. The zero-order valence-electron chi connectivity index (χ0n) is 13.1. The van der Waals surface area contributed by atoms with Gasteiger partial charge < -0.3 is 16.2 Å². The summed E-state index contributed by atoms with van der Waals surface area (Å²) in [6, 6.07) is 12.8. The van der Waals surface area contributed by atoms with Gasteiger partial charge in [-0.2, -0.15) is 0 Å². The average molecular weight is 329 g/mol. The van der Waals surface area contributed by atoms with Gasteiger partial charge in [-0.05, 0) is 30.7 Å². The summed E-state index contributed by atoms with van der Waals surface area (Å²) in [4.78, 5) is 23.6. The molecule has 2 amide bonds. The van der Waals surface area contributed by atoms with E-state index in [1.165, 1.54) is 12.4 Å². The van der Waals surface area contributed by atoms with Crippen LogP contribution in [0.15, 0.2) is 48.5 Å². The fraction of sp³-hybridized carbons (Fsp3) is 0.176. The Hall–Kier alpha value is -2.90. The molecule has 126 valence electrons. The highest BCUT2D eigenvalue weighted by atomic mass is 16.5. The second-order valence-electron chi connectivity index (χ2n) is 5.33. The number of aliphatic hydroxyl groups excluding tert-OH is 1. The lowest BCUT2D eigenvalue weighted by Crippen LogP contribution is -2.51. The Labute approximate surface area is 139 Å². The first-order chi connectivity index (χ1) is 11.4. The molecule has 0 saturated heterocycles. The van der Waals surface area contributed by atoms with E-state index < -0.39 is 24.0 Å². The second-order valence-corrected chi connectivity index (χ2v) is 5.33. The van der Waals surface area contributed by atoms with Crippen LogP contribution in [-0.4, -0.2) is 34.3 Å². The van der Waals surface area contributed by atoms with Crippen LogP contribution in [0.3, 0.4) is 0 Å². The van der Waals surface area contributed by atoms with E-state index in [0.717, 1.165) is 11.1 Å². The zero-order chi connectivity index (χ0) is 17.7. The molecule has 0 aliphatic heterocycles. The van der Waals surface area contributed by atoms with Crippen molar-refractivity contribution in [3.05, 3.63) is 54.1 Å². The fourth-order valence-electron chi connectivity index (χ4n) is 2.26. The smallest absolute Gasteiger partial charge is 0.268 e. The Morgan fingerprint density at radius 2 is 1.71 bits per heavy atom. The maximum Gasteiger partial charge on any atom is 0.268 e. The number of nitrogens with one attached hydrogen (secondary N) is 2. The number of nitrogen functional groups attached to an aromatic ring is 1. The molecule has 0 fully saturated rings. The van der Waals surface area contributed by atoms with Crippen molar-refractivity contribution in [3.63, 3.8) is 0 Å². The minimum Gasteiger partial charge on any atom is -0.398 e. The van der Waals surface area contributed by atoms with Gasteiger partial charge in [0.05, 0.1) is 6.10 Å². The molecule has 0 unspecified atom stereocenters. The first-order valence-electron chi connectivity index (χ1n) is 7.32. The van der Waals surface area contributed by atoms with Crippen molar-refractivity contribution >= 4 is 17.5 Å². The van der Waals surface area contributed by atoms with Gasteiger partial charge in [-0.1, -0.05) is 30.3 Å². The SMILES string of the molecule is C[C@@H](O)[C@H](NC(=O)c1ccc(-c2ccccc2N)cc1)C(=O)NO. The van der Waals surface area contributed by atoms with Gasteiger partial charge in [0.2, 0.25) is 0 Å². The van der Waals surface area contributed by atoms with E-state index in [9.17, 15) is 14.7 Å². The molecular formula is C17H19N3O4. The van der Waals surface area contributed by atoms with E-state index in [4.69, 9.17) is 10.9 Å². The molecule has 2 rings (SSSR count). The average Bonchev–Trinajstić information content (AvgIpc) is 2.59. The van der Waals surface area contributed by atoms with E-state index in [2.05, 4.69) is 5.32 Å². The number of para-hydroxylation sites is 1. The molecule has 2 aromatic carbocycles. The van der Waals surface area contributed by atoms with Crippen molar-refractivity contribution in [2.75, 3.05) is 5.73 Å². The largest absolute Gasteiger partial charge is 0.398 e. The van der Waals surface area contributed by atoms with Crippen molar-refractivity contribution in [1.82, 2.24) is 10.8 Å². The lowest BCUT2D eigenvalue weighted by Gasteiger charge is -2.19. The van der Waals surface area contributed by atoms with Crippen LogP contribution < -0.4 is 16.5 Å². The molecule has 0 saturated carbocycles. The summed E-state index contributed by atoms with van der Waals surface area (Å²) in [5.41, 5.74) is 9.98. The lowest BCUT2D eigenvalue weighted by atomic mass is 10.0. The molecule has 7 heteroatoms. The Bertz CT molecular complexity index is 729. The van der Waals surface area contributed by atoms with Crippen molar-refractivity contribution in [2.45, 2.75) is 19.1 Å². The molecule has 0 radical (unpaired) electrons. The lowest BCUT2D eigenvalue weighted by molar-refractivity contribution is -0.133. The van der Waals surface area contributed by atoms with Gasteiger partial charge in [-0.25, -0.2) is 5.48 Å². The molecule has 24 heavy (non-hydrogen) atoms. The summed E-state index contributed by atoms with van der Waals surface area (Å²) < 4.78 is 0. The van der Waals surface area contributed by atoms with Crippen LogP contribution in [0.4, 0.5) is 5.69 Å². The number of rotatable bonds is 5. The molecule has 6 N–H and O–H groups in total. The van der Waals surface area contributed by atoms with Gasteiger partial charge in [0, 0.05) is 16.8 Å². The van der Waals surface area contributed by atoms with Crippen LogP contribution in [0.2, 0.25) is 0 Å². The molecular weight excluding hydrogens is 310 g/mol. The minimum absolute atomic E-state index is 0.310. The van der Waals surface area contributed by atoms with Gasteiger partial charge in [-0.3, -0.25) is 14.8 Å². The van der Waals surface area contributed by atoms with Crippen LogP contribution in [0.1, 0.15) is 17.3 Å². The third-order valence-electron chi connectivity index (χ3n) is 3.58. The Morgan fingerprint density at radius 1 is 1.08 bits per heavy atom. The number of carbonyl (C=O) groups excluding carboxylic acids is 2. The quantitative estimate of drug-likeness (QED) is 0.317. The summed E-state index contributed by atoms with van der Waals surface area (Å²) in [6.45, 7) is 1.33. The molecule has 2 aromatic rings. The highest BCUT2D eigenvalue weighted by Gasteiger charge is 2.25. The fourth-order valence-corrected chi connectivity index (χ4v) is 2.26. The molecule has 0 aliphatic rings. The Balaban J connectivity index is 2.17. The van der Waals surface area contributed by atoms with Gasteiger partial charge in [0.15, 0.2) is 0 Å². The first-order valence-corrected chi connectivity index (χ1v) is 7.32. The third-order valence-corrected chi connectivity index (χ3v) is 3.58. The van der Waals surface area contributed by atoms with E-state index in [1.54, 1.807) is 30.3 Å². The molecule has 2 atom stereocenters. The van der Waals surface area contributed by atoms with Crippen LogP contribution in [0.5, 0.6) is 0 Å². The van der Waals surface area contributed by atoms with Crippen molar-refractivity contribution < 1.29 is 19.9 Å². The summed E-state index contributed by atoms with van der Waals surface area (Å²) >= 11 is 0. The standard InChI is InChI=1S/C17H19N3O4/c1-10(21)15(17(23)20-24)19-16(22)12-8-6-11(7-9-12)13-4-2-3-5-14(13)18/h2-10,15,21,24H,18H2,1H3,(H,19,22)(H,20,23)/t10-,15+/m1/s1. The number of hydrogen-bond donors (Lipinski definition) is 5. The van der Waals surface area contributed by atoms with Crippen molar-refractivity contribution in [1.29, 1.82) is 0 Å². The van der Waals surface area contributed by atoms with Crippen LogP contribution >= 0.6 is 0 Å². The Morgan fingerprint density at radius 3 is 2.25 bits per heavy atom. The van der Waals surface area contributed by atoms with Crippen LogP contribution in [-0.2, 0) is 4.79 Å². The number of amides is 2. The maximum atomic E-state index is 12.2. The van der Waals surface area contributed by atoms with Crippen molar-refractivity contribution in [2.24, 2.45) is 0 Å². The highest BCUT2D eigenvalue weighted by Crippen LogP contribution is 2.25. The van der Waals surface area contributed by atoms with Gasteiger partial charge in [-0.15, -0.1) is 0 Å². The monoisotopic (exact) mass is 329 g/mol. The molecule has 0 spiro atoms. The zero-order valence-corrected chi connectivity index (χ0v) is 13.1. The topological polar surface area (TPSA) is 125 Å². The first kappa shape index (κ1) is 17.5. The highest BCUT2D eigenvalue weighted by molar-refractivity contribution is 5.98. The summed E-state index contributed by atoms with van der Waals surface area (Å²) in [5, 5.41) is 20.6.